The molecule has 0 N–H and O–H groups in total. The first-order chi connectivity index (χ1) is 11.1. The summed E-state index contributed by atoms with van der Waals surface area (Å²) in [6.45, 7) is 2.36. The molecule has 2 unspecified atom stereocenters. The van der Waals surface area contributed by atoms with Crippen molar-refractivity contribution in [1.82, 2.24) is 8.61 Å². The van der Waals surface area contributed by atoms with Gasteiger partial charge in [-0.1, -0.05) is 30.3 Å². The topological polar surface area (TPSA) is 49.9 Å². The van der Waals surface area contributed by atoms with E-state index in [-0.39, 0.29) is 6.04 Å². The Balaban J connectivity index is 1.40. The molecule has 1 heterocycles. The van der Waals surface area contributed by atoms with Crippen LogP contribution in [0.25, 0.3) is 0 Å². The lowest BCUT2D eigenvalue weighted by molar-refractivity contribution is 0.115. The van der Waals surface area contributed by atoms with Crippen LogP contribution in [0.15, 0.2) is 30.3 Å². The van der Waals surface area contributed by atoms with Crippen LogP contribution in [0.1, 0.15) is 31.2 Å². The fraction of sp³-hybridized carbons (Fsp3) is 0.647. The highest BCUT2D eigenvalue weighted by Gasteiger charge is 2.44. The molecule has 3 rings (SSSR count). The minimum atomic E-state index is -3.30. The van der Waals surface area contributed by atoms with Crippen molar-refractivity contribution in [2.45, 2.75) is 38.3 Å². The van der Waals surface area contributed by atoms with Gasteiger partial charge >= 0.3 is 0 Å². The molecule has 128 valence electrons. The highest BCUT2D eigenvalue weighted by molar-refractivity contribution is 7.86. The summed E-state index contributed by atoms with van der Waals surface area (Å²) in [5.74, 6) is 0.581. The Hall–Kier alpha value is -0.950. The van der Waals surface area contributed by atoms with Gasteiger partial charge in [-0.25, -0.2) is 0 Å². The number of nitrogens with zero attached hydrogens (tertiary/aromatic N) is 2. The van der Waals surface area contributed by atoms with Gasteiger partial charge in [-0.05, 0) is 37.2 Å². The number of piperidine rings is 1. The summed E-state index contributed by atoms with van der Waals surface area (Å²) in [7, 11) is -1.62. The number of hydrogen-bond donors (Lipinski definition) is 0. The third-order valence-corrected chi connectivity index (χ3v) is 6.93. The van der Waals surface area contributed by atoms with Crippen LogP contribution in [0.4, 0.5) is 0 Å². The van der Waals surface area contributed by atoms with Crippen LogP contribution in [-0.4, -0.2) is 49.8 Å². The average Bonchev–Trinajstić information content (AvgIpc) is 3.18. The van der Waals surface area contributed by atoms with Gasteiger partial charge in [0.2, 0.25) is 0 Å². The van der Waals surface area contributed by atoms with Crippen LogP contribution in [0, 0.1) is 5.92 Å². The minimum Gasteiger partial charge on any atom is -0.377 e. The Morgan fingerprint density at radius 1 is 1.26 bits per heavy atom. The van der Waals surface area contributed by atoms with Gasteiger partial charge in [0, 0.05) is 32.8 Å². The van der Waals surface area contributed by atoms with E-state index in [1.165, 1.54) is 10.7 Å². The van der Waals surface area contributed by atoms with Gasteiger partial charge in [0.25, 0.3) is 10.2 Å². The summed E-state index contributed by atoms with van der Waals surface area (Å²) in [5, 5.41) is 0. The van der Waals surface area contributed by atoms with Crippen LogP contribution < -0.4 is 0 Å². The van der Waals surface area contributed by atoms with Gasteiger partial charge in [0.05, 0.1) is 6.61 Å². The first-order valence-corrected chi connectivity index (χ1v) is 9.82. The number of ether oxygens (including phenoxy) is 1. The van der Waals surface area contributed by atoms with Gasteiger partial charge in [-0.15, -0.1) is 0 Å². The number of rotatable bonds is 8. The van der Waals surface area contributed by atoms with E-state index in [0.29, 0.717) is 38.6 Å². The van der Waals surface area contributed by atoms with Crippen molar-refractivity contribution < 1.29 is 13.2 Å². The van der Waals surface area contributed by atoms with Gasteiger partial charge in [0.15, 0.2) is 0 Å². The SMILES string of the molecule is CN(CCCOCc1ccccc1)S(=O)(=O)N1CC2CCC1C2. The van der Waals surface area contributed by atoms with Crippen molar-refractivity contribution in [2.75, 3.05) is 26.7 Å². The molecule has 2 bridgehead atoms. The Morgan fingerprint density at radius 2 is 2.04 bits per heavy atom. The maximum Gasteiger partial charge on any atom is 0.281 e. The normalized spacial score (nSPS) is 24.6. The zero-order chi connectivity index (χ0) is 16.3. The third kappa shape index (κ3) is 3.94. The first-order valence-electron chi connectivity index (χ1n) is 8.42. The molecule has 1 aliphatic carbocycles. The monoisotopic (exact) mass is 338 g/mol. The Bertz CT molecular complexity index is 606. The highest BCUT2D eigenvalue weighted by atomic mass is 32.2. The summed E-state index contributed by atoms with van der Waals surface area (Å²) in [4.78, 5) is 0. The van der Waals surface area contributed by atoms with Gasteiger partial charge in [-0.2, -0.15) is 17.0 Å². The molecule has 2 atom stereocenters. The maximum absolute atomic E-state index is 12.6. The summed E-state index contributed by atoms with van der Waals surface area (Å²) in [6.07, 6.45) is 3.98. The molecule has 2 fully saturated rings. The number of hydrogen-bond acceptors (Lipinski definition) is 3. The lowest BCUT2D eigenvalue weighted by Crippen LogP contribution is -2.46. The summed E-state index contributed by atoms with van der Waals surface area (Å²) in [5.41, 5.74) is 1.14. The van der Waals surface area contributed by atoms with Crippen LogP contribution in [0.5, 0.6) is 0 Å². The lowest BCUT2D eigenvalue weighted by Gasteiger charge is -2.30. The van der Waals surface area contributed by atoms with E-state index in [1.807, 2.05) is 30.3 Å². The standard InChI is InChI=1S/C17H26N2O3S/c1-18(10-5-11-22-14-15-6-3-2-4-7-15)23(20,21)19-13-16-8-9-17(19)12-16/h2-4,6-7,16-17H,5,8-14H2,1H3. The number of fused-ring (bicyclic) bond motifs is 2. The summed E-state index contributed by atoms with van der Waals surface area (Å²) in [6, 6.07) is 10.2. The third-order valence-electron chi connectivity index (χ3n) is 4.92. The van der Waals surface area contributed by atoms with E-state index in [0.717, 1.165) is 18.4 Å². The molecular weight excluding hydrogens is 312 g/mol. The molecule has 1 aromatic carbocycles. The van der Waals surface area contributed by atoms with Crippen molar-refractivity contribution in [1.29, 1.82) is 0 Å². The van der Waals surface area contributed by atoms with Crippen molar-refractivity contribution >= 4 is 10.2 Å². The molecular formula is C17H26N2O3S. The lowest BCUT2D eigenvalue weighted by atomic mass is 10.1. The summed E-state index contributed by atoms with van der Waals surface area (Å²) >= 11 is 0. The largest absolute Gasteiger partial charge is 0.377 e. The van der Waals surface area contributed by atoms with Crippen molar-refractivity contribution in [3.8, 4) is 0 Å². The predicted octanol–water partition coefficient (Wildman–Crippen LogP) is 2.25. The molecule has 1 aromatic rings. The van der Waals surface area contributed by atoms with Crippen LogP contribution >= 0.6 is 0 Å². The van der Waals surface area contributed by atoms with Crippen molar-refractivity contribution in [3.05, 3.63) is 35.9 Å². The molecule has 0 aromatic heterocycles. The Labute approximate surface area is 139 Å². The van der Waals surface area contributed by atoms with Gasteiger partial charge < -0.3 is 4.74 Å². The van der Waals surface area contributed by atoms with Crippen molar-refractivity contribution in [3.63, 3.8) is 0 Å². The van der Waals surface area contributed by atoms with Crippen LogP contribution in [0.2, 0.25) is 0 Å². The second-order valence-electron chi connectivity index (χ2n) is 6.62. The van der Waals surface area contributed by atoms with E-state index in [1.54, 1.807) is 11.4 Å². The quantitative estimate of drug-likeness (QED) is 0.683. The van der Waals surface area contributed by atoms with Gasteiger partial charge in [-0.3, -0.25) is 0 Å². The predicted molar refractivity (Wildman–Crippen MR) is 90.1 cm³/mol. The molecule has 1 saturated carbocycles. The molecule has 5 nitrogen and oxygen atoms in total. The van der Waals surface area contributed by atoms with Gasteiger partial charge in [0.1, 0.15) is 0 Å². The summed E-state index contributed by atoms with van der Waals surface area (Å²) < 4.78 is 34.1. The minimum absolute atomic E-state index is 0.238. The molecule has 2 aliphatic rings. The van der Waals surface area contributed by atoms with E-state index in [2.05, 4.69) is 0 Å². The van der Waals surface area contributed by atoms with E-state index < -0.39 is 10.2 Å². The second-order valence-corrected chi connectivity index (χ2v) is 8.61. The van der Waals surface area contributed by atoms with E-state index in [9.17, 15) is 8.42 Å². The average molecular weight is 338 g/mol. The second kappa shape index (κ2) is 7.30. The molecule has 0 spiro atoms. The molecule has 6 heteroatoms. The molecule has 1 saturated heterocycles. The highest BCUT2D eigenvalue weighted by Crippen LogP contribution is 2.39. The first kappa shape index (κ1) is 16.9. The van der Waals surface area contributed by atoms with E-state index >= 15 is 0 Å². The molecule has 1 aliphatic heterocycles. The van der Waals surface area contributed by atoms with Crippen LogP contribution in [-0.2, 0) is 21.6 Å². The molecule has 23 heavy (non-hydrogen) atoms. The Kier molecular flexibility index (Phi) is 5.36. The van der Waals surface area contributed by atoms with E-state index in [4.69, 9.17) is 4.74 Å². The number of benzene rings is 1. The smallest absolute Gasteiger partial charge is 0.281 e. The van der Waals surface area contributed by atoms with Crippen molar-refractivity contribution in [2.24, 2.45) is 5.92 Å². The zero-order valence-electron chi connectivity index (χ0n) is 13.7. The molecule has 0 amide bonds. The molecule has 0 radical (unpaired) electrons. The Morgan fingerprint density at radius 3 is 2.70 bits per heavy atom. The maximum atomic E-state index is 12.6. The zero-order valence-corrected chi connectivity index (χ0v) is 14.5. The van der Waals surface area contributed by atoms with Crippen LogP contribution in [0.3, 0.4) is 0 Å². The fourth-order valence-electron chi connectivity index (χ4n) is 3.61. The fourth-order valence-corrected chi connectivity index (χ4v) is 5.30.